The Morgan fingerprint density at radius 3 is 3.06 bits per heavy atom. The predicted octanol–water partition coefficient (Wildman–Crippen LogP) is 1.27. The minimum atomic E-state index is 0.693. The minimum absolute atomic E-state index is 0.693. The van der Waals surface area contributed by atoms with Crippen LogP contribution in [0.4, 0.5) is 0 Å². The summed E-state index contributed by atoms with van der Waals surface area (Å²) in [7, 11) is 3.73. The van der Waals surface area contributed by atoms with Gasteiger partial charge in [0.2, 0.25) is 0 Å². The second-order valence-corrected chi connectivity index (χ2v) is 5.03. The van der Waals surface area contributed by atoms with Crippen LogP contribution in [0, 0.1) is 5.92 Å². The van der Waals surface area contributed by atoms with Crippen molar-refractivity contribution >= 4 is 0 Å². The number of likely N-dealkylation sites (tertiary alicyclic amines) is 1. The van der Waals surface area contributed by atoms with E-state index in [1.165, 1.54) is 12.0 Å². The molecule has 0 amide bonds. The molecule has 1 aromatic rings. The maximum absolute atomic E-state index is 5.22. The van der Waals surface area contributed by atoms with E-state index in [9.17, 15) is 0 Å². The summed E-state index contributed by atoms with van der Waals surface area (Å²) in [5.41, 5.74) is 2.40. The molecular weight excluding hydrogens is 226 g/mol. The standard InChI is InChI=1S/C14H23N3O/c1-15-7-12-3-4-14(16-8-12)10-17-6-5-13(9-17)11-18-2/h3-4,8,13,15H,5-7,9-11H2,1-2H3. The maximum Gasteiger partial charge on any atom is 0.0544 e. The molecule has 2 heterocycles. The SMILES string of the molecule is CNCc1ccc(CN2CCC(COC)C2)nc1. The number of nitrogens with zero attached hydrogens (tertiary/aromatic N) is 2. The van der Waals surface area contributed by atoms with E-state index < -0.39 is 0 Å². The van der Waals surface area contributed by atoms with Gasteiger partial charge in [0, 0.05) is 32.9 Å². The molecule has 4 heteroatoms. The Morgan fingerprint density at radius 2 is 2.39 bits per heavy atom. The zero-order valence-electron chi connectivity index (χ0n) is 11.4. The molecule has 18 heavy (non-hydrogen) atoms. The molecule has 1 aromatic heterocycles. The minimum Gasteiger partial charge on any atom is -0.384 e. The van der Waals surface area contributed by atoms with Crippen LogP contribution in [0.5, 0.6) is 0 Å². The highest BCUT2D eigenvalue weighted by molar-refractivity contribution is 5.14. The largest absolute Gasteiger partial charge is 0.384 e. The molecule has 100 valence electrons. The van der Waals surface area contributed by atoms with E-state index >= 15 is 0 Å². The van der Waals surface area contributed by atoms with Gasteiger partial charge in [0.05, 0.1) is 12.3 Å². The van der Waals surface area contributed by atoms with Crippen LogP contribution >= 0.6 is 0 Å². The summed E-state index contributed by atoms with van der Waals surface area (Å²) >= 11 is 0. The van der Waals surface area contributed by atoms with Crippen molar-refractivity contribution in [3.05, 3.63) is 29.6 Å². The normalized spacial score (nSPS) is 20.4. The molecule has 1 saturated heterocycles. The number of hydrogen-bond acceptors (Lipinski definition) is 4. The summed E-state index contributed by atoms with van der Waals surface area (Å²) in [6, 6.07) is 4.29. The van der Waals surface area contributed by atoms with Gasteiger partial charge in [-0.25, -0.2) is 0 Å². The zero-order chi connectivity index (χ0) is 12.8. The lowest BCUT2D eigenvalue weighted by Gasteiger charge is -2.15. The molecule has 0 radical (unpaired) electrons. The summed E-state index contributed by atoms with van der Waals surface area (Å²) in [5, 5.41) is 3.13. The van der Waals surface area contributed by atoms with Crippen LogP contribution in [0.15, 0.2) is 18.3 Å². The van der Waals surface area contributed by atoms with Crippen molar-refractivity contribution in [1.82, 2.24) is 15.2 Å². The maximum atomic E-state index is 5.22. The fraction of sp³-hybridized carbons (Fsp3) is 0.643. The average molecular weight is 249 g/mol. The van der Waals surface area contributed by atoms with E-state index in [0.29, 0.717) is 5.92 Å². The van der Waals surface area contributed by atoms with Gasteiger partial charge in [-0.3, -0.25) is 9.88 Å². The molecule has 0 spiro atoms. The molecule has 4 nitrogen and oxygen atoms in total. The number of ether oxygens (including phenoxy) is 1. The first-order chi connectivity index (χ1) is 8.81. The highest BCUT2D eigenvalue weighted by Gasteiger charge is 2.22. The number of hydrogen-bond donors (Lipinski definition) is 1. The Kier molecular flexibility index (Phi) is 5.11. The highest BCUT2D eigenvalue weighted by atomic mass is 16.5. The second-order valence-electron chi connectivity index (χ2n) is 5.03. The average Bonchev–Trinajstić information content (AvgIpc) is 2.80. The van der Waals surface area contributed by atoms with Gasteiger partial charge in [0.1, 0.15) is 0 Å². The number of nitrogens with one attached hydrogen (secondary N) is 1. The van der Waals surface area contributed by atoms with Gasteiger partial charge in [-0.15, -0.1) is 0 Å². The van der Waals surface area contributed by atoms with E-state index in [1.807, 2.05) is 13.2 Å². The molecule has 0 aromatic carbocycles. The lowest BCUT2D eigenvalue weighted by molar-refractivity contribution is 0.152. The Bertz CT molecular complexity index is 353. The third-order valence-electron chi connectivity index (χ3n) is 3.42. The predicted molar refractivity (Wildman–Crippen MR) is 72.3 cm³/mol. The van der Waals surface area contributed by atoms with E-state index in [0.717, 1.165) is 38.5 Å². The van der Waals surface area contributed by atoms with Gasteiger partial charge in [-0.1, -0.05) is 6.07 Å². The lowest BCUT2D eigenvalue weighted by Crippen LogP contribution is -2.22. The van der Waals surface area contributed by atoms with Gasteiger partial charge in [-0.05, 0) is 37.6 Å². The first-order valence-electron chi connectivity index (χ1n) is 6.61. The van der Waals surface area contributed by atoms with Crippen LogP contribution in [0.25, 0.3) is 0 Å². The van der Waals surface area contributed by atoms with E-state index in [2.05, 4.69) is 27.3 Å². The molecule has 2 rings (SSSR count). The van der Waals surface area contributed by atoms with Crippen molar-refractivity contribution in [2.75, 3.05) is 33.9 Å². The molecule has 0 saturated carbocycles. The smallest absolute Gasteiger partial charge is 0.0544 e. The summed E-state index contributed by atoms with van der Waals surface area (Å²) in [6.45, 7) is 5.01. The zero-order valence-corrected chi connectivity index (χ0v) is 11.4. The van der Waals surface area contributed by atoms with Crippen molar-refractivity contribution in [3.8, 4) is 0 Å². The quantitative estimate of drug-likeness (QED) is 0.824. The van der Waals surface area contributed by atoms with Gasteiger partial charge < -0.3 is 10.1 Å². The monoisotopic (exact) mass is 249 g/mol. The molecule has 1 aliphatic rings. The van der Waals surface area contributed by atoms with Crippen LogP contribution in [-0.4, -0.2) is 43.7 Å². The molecule has 1 aliphatic heterocycles. The molecule has 1 fully saturated rings. The number of rotatable bonds is 6. The first kappa shape index (κ1) is 13.5. The van der Waals surface area contributed by atoms with Crippen LogP contribution < -0.4 is 5.32 Å². The van der Waals surface area contributed by atoms with E-state index in [4.69, 9.17) is 4.74 Å². The van der Waals surface area contributed by atoms with Crippen molar-refractivity contribution in [1.29, 1.82) is 0 Å². The van der Waals surface area contributed by atoms with Gasteiger partial charge in [-0.2, -0.15) is 0 Å². The fourth-order valence-corrected chi connectivity index (χ4v) is 2.51. The Balaban J connectivity index is 1.82. The van der Waals surface area contributed by atoms with Gasteiger partial charge in [0.15, 0.2) is 0 Å². The van der Waals surface area contributed by atoms with Crippen molar-refractivity contribution in [3.63, 3.8) is 0 Å². The van der Waals surface area contributed by atoms with Crippen molar-refractivity contribution in [2.45, 2.75) is 19.5 Å². The molecule has 1 N–H and O–H groups in total. The van der Waals surface area contributed by atoms with Crippen LogP contribution in [-0.2, 0) is 17.8 Å². The summed E-state index contributed by atoms with van der Waals surface area (Å²) in [6.07, 6.45) is 3.21. The molecule has 0 aliphatic carbocycles. The van der Waals surface area contributed by atoms with Crippen LogP contribution in [0.2, 0.25) is 0 Å². The fourth-order valence-electron chi connectivity index (χ4n) is 2.51. The Hall–Kier alpha value is -0.970. The molecular formula is C14H23N3O. The molecule has 1 atom stereocenters. The van der Waals surface area contributed by atoms with Crippen LogP contribution in [0.1, 0.15) is 17.7 Å². The van der Waals surface area contributed by atoms with E-state index in [1.54, 1.807) is 7.11 Å². The van der Waals surface area contributed by atoms with Crippen LogP contribution in [0.3, 0.4) is 0 Å². The van der Waals surface area contributed by atoms with Crippen molar-refractivity contribution in [2.24, 2.45) is 5.92 Å². The van der Waals surface area contributed by atoms with E-state index in [-0.39, 0.29) is 0 Å². The lowest BCUT2D eigenvalue weighted by atomic mass is 10.1. The Morgan fingerprint density at radius 1 is 1.50 bits per heavy atom. The third kappa shape index (κ3) is 3.77. The summed E-state index contributed by atoms with van der Waals surface area (Å²) < 4.78 is 5.22. The topological polar surface area (TPSA) is 37.4 Å². The van der Waals surface area contributed by atoms with Gasteiger partial charge >= 0.3 is 0 Å². The highest BCUT2D eigenvalue weighted by Crippen LogP contribution is 2.18. The Labute approximate surface area is 109 Å². The summed E-state index contributed by atoms with van der Waals surface area (Å²) in [5.74, 6) is 0.693. The number of aromatic nitrogens is 1. The molecule has 0 bridgehead atoms. The third-order valence-corrected chi connectivity index (χ3v) is 3.42. The summed E-state index contributed by atoms with van der Waals surface area (Å²) in [4.78, 5) is 6.98. The van der Waals surface area contributed by atoms with Crippen molar-refractivity contribution < 1.29 is 4.74 Å². The van der Waals surface area contributed by atoms with Gasteiger partial charge in [0.25, 0.3) is 0 Å². The molecule has 1 unspecified atom stereocenters. The first-order valence-corrected chi connectivity index (χ1v) is 6.61. The number of methoxy groups -OCH3 is 1. The number of pyridine rings is 1. The second kappa shape index (κ2) is 6.83.